The number of nitrogens with zero attached hydrogens (tertiary/aromatic N) is 1. The molecule has 1 aliphatic rings. The third-order valence-electron chi connectivity index (χ3n) is 3.67. The zero-order chi connectivity index (χ0) is 15.4. The lowest BCUT2D eigenvalue weighted by Gasteiger charge is -2.26. The number of carbonyl (C=O) groups excluding carboxylic acids is 1. The fourth-order valence-electron chi connectivity index (χ4n) is 2.47. The van der Waals surface area contributed by atoms with Gasteiger partial charge in [-0.2, -0.15) is 0 Å². The number of amides is 1. The van der Waals surface area contributed by atoms with E-state index in [4.69, 9.17) is 9.84 Å². The van der Waals surface area contributed by atoms with Crippen LogP contribution in [0.3, 0.4) is 0 Å². The molecular formula is C16H18FNO3. The molecule has 2 atom stereocenters. The Bertz CT molecular complexity index is 591. The molecule has 0 bridgehead atoms. The first-order chi connectivity index (χ1) is 10.0. The number of aliphatic hydroxyl groups is 1. The summed E-state index contributed by atoms with van der Waals surface area (Å²) in [6.45, 7) is 2.23. The maximum Gasteiger partial charge on any atom is 0.254 e. The van der Waals surface area contributed by atoms with E-state index in [1.165, 1.54) is 12.1 Å². The summed E-state index contributed by atoms with van der Waals surface area (Å²) in [6.07, 6.45) is 0.768. The second-order valence-corrected chi connectivity index (χ2v) is 5.00. The number of likely N-dealkylation sites (N-methyl/N-ethyl adjacent to an activating group) is 1. The molecule has 1 amide bonds. The number of aliphatic hydroxyl groups excluding tert-OH is 1. The van der Waals surface area contributed by atoms with Gasteiger partial charge in [-0.3, -0.25) is 4.79 Å². The van der Waals surface area contributed by atoms with E-state index in [-0.39, 0.29) is 35.8 Å². The summed E-state index contributed by atoms with van der Waals surface area (Å²) in [6, 6.07) is 4.19. The van der Waals surface area contributed by atoms with Crippen LogP contribution in [-0.4, -0.2) is 48.3 Å². The normalized spacial score (nSPS) is 20.8. The molecule has 1 N–H and O–H groups in total. The quantitative estimate of drug-likeness (QED) is 0.838. The molecule has 1 heterocycles. The van der Waals surface area contributed by atoms with Crippen molar-refractivity contribution < 1.29 is 19.0 Å². The highest BCUT2D eigenvalue weighted by Gasteiger charge is 2.31. The Kier molecular flexibility index (Phi) is 4.94. The van der Waals surface area contributed by atoms with Crippen molar-refractivity contribution in [3.63, 3.8) is 0 Å². The fourth-order valence-corrected chi connectivity index (χ4v) is 2.47. The summed E-state index contributed by atoms with van der Waals surface area (Å²) in [7, 11) is 1.70. The van der Waals surface area contributed by atoms with Crippen LogP contribution in [0.25, 0.3) is 0 Å². The van der Waals surface area contributed by atoms with Gasteiger partial charge < -0.3 is 14.7 Å². The number of hydrogen-bond acceptors (Lipinski definition) is 3. The Morgan fingerprint density at radius 2 is 2.33 bits per heavy atom. The predicted molar refractivity (Wildman–Crippen MR) is 76.3 cm³/mol. The standard InChI is InChI=1S/C16H18FNO3/c1-11-15(7-9-21-11)18(2)16(20)13-6-5-12(4-3-8-19)14(17)10-13/h5-6,10-11,15,19H,7-9H2,1-2H3. The predicted octanol–water partition coefficient (Wildman–Crippen LogP) is 1.42. The van der Waals surface area contributed by atoms with Crippen molar-refractivity contribution in [2.24, 2.45) is 0 Å². The van der Waals surface area contributed by atoms with E-state index >= 15 is 0 Å². The molecule has 1 saturated heterocycles. The Balaban J connectivity index is 2.17. The Morgan fingerprint density at radius 1 is 1.57 bits per heavy atom. The molecule has 0 spiro atoms. The first-order valence-electron chi connectivity index (χ1n) is 6.82. The van der Waals surface area contributed by atoms with Gasteiger partial charge in [-0.1, -0.05) is 11.8 Å². The van der Waals surface area contributed by atoms with Crippen LogP contribution in [0.2, 0.25) is 0 Å². The molecule has 0 radical (unpaired) electrons. The highest BCUT2D eigenvalue weighted by molar-refractivity contribution is 5.94. The minimum absolute atomic E-state index is 0.00872. The molecule has 5 heteroatoms. The highest BCUT2D eigenvalue weighted by Crippen LogP contribution is 2.20. The largest absolute Gasteiger partial charge is 0.384 e. The Labute approximate surface area is 123 Å². The van der Waals surface area contributed by atoms with Gasteiger partial charge in [-0.25, -0.2) is 4.39 Å². The van der Waals surface area contributed by atoms with Gasteiger partial charge in [0.25, 0.3) is 5.91 Å². The highest BCUT2D eigenvalue weighted by atomic mass is 19.1. The van der Waals surface area contributed by atoms with Gasteiger partial charge in [0.15, 0.2) is 0 Å². The number of rotatable bonds is 2. The number of carbonyl (C=O) groups is 1. The van der Waals surface area contributed by atoms with Gasteiger partial charge in [0.2, 0.25) is 0 Å². The minimum Gasteiger partial charge on any atom is -0.384 e. The summed E-state index contributed by atoms with van der Waals surface area (Å²) in [5, 5.41) is 8.61. The molecule has 4 nitrogen and oxygen atoms in total. The van der Waals surface area contributed by atoms with E-state index < -0.39 is 5.82 Å². The average Bonchev–Trinajstić information content (AvgIpc) is 2.90. The van der Waals surface area contributed by atoms with E-state index in [1.807, 2.05) is 6.92 Å². The fraction of sp³-hybridized carbons (Fsp3) is 0.438. The molecular weight excluding hydrogens is 273 g/mol. The first kappa shape index (κ1) is 15.5. The number of benzene rings is 1. The van der Waals surface area contributed by atoms with Crippen LogP contribution in [0, 0.1) is 17.7 Å². The first-order valence-corrected chi connectivity index (χ1v) is 6.82. The Hall–Kier alpha value is -1.90. The van der Waals surface area contributed by atoms with E-state index in [2.05, 4.69) is 11.8 Å². The molecule has 1 aromatic rings. The lowest BCUT2D eigenvalue weighted by molar-refractivity contribution is 0.0574. The van der Waals surface area contributed by atoms with Crippen molar-refractivity contribution in [2.45, 2.75) is 25.5 Å². The topological polar surface area (TPSA) is 49.8 Å². The van der Waals surface area contributed by atoms with Crippen molar-refractivity contribution in [1.29, 1.82) is 0 Å². The molecule has 2 unspecified atom stereocenters. The number of hydrogen-bond donors (Lipinski definition) is 1. The SMILES string of the molecule is CC1OCCC1N(C)C(=O)c1ccc(C#CCO)c(F)c1. The van der Waals surface area contributed by atoms with Gasteiger partial charge in [-0.15, -0.1) is 0 Å². The maximum atomic E-state index is 13.9. The van der Waals surface area contributed by atoms with Crippen molar-refractivity contribution in [3.8, 4) is 11.8 Å². The lowest BCUT2D eigenvalue weighted by atomic mass is 10.1. The summed E-state index contributed by atoms with van der Waals surface area (Å²) in [4.78, 5) is 14.0. The molecule has 21 heavy (non-hydrogen) atoms. The second kappa shape index (κ2) is 6.70. The second-order valence-electron chi connectivity index (χ2n) is 5.00. The van der Waals surface area contributed by atoms with Crippen molar-refractivity contribution in [1.82, 2.24) is 4.90 Å². The zero-order valence-electron chi connectivity index (χ0n) is 12.1. The van der Waals surface area contributed by atoms with Crippen LogP contribution < -0.4 is 0 Å². The monoisotopic (exact) mass is 291 g/mol. The summed E-state index contributed by atoms with van der Waals surface area (Å²) in [5.74, 6) is 4.08. The molecule has 1 aliphatic heterocycles. The summed E-state index contributed by atoms with van der Waals surface area (Å²) in [5.41, 5.74) is 0.449. The minimum atomic E-state index is -0.564. The summed E-state index contributed by atoms with van der Waals surface area (Å²) < 4.78 is 19.3. The Morgan fingerprint density at radius 3 is 2.90 bits per heavy atom. The van der Waals surface area contributed by atoms with Crippen LogP contribution in [-0.2, 0) is 4.74 Å². The average molecular weight is 291 g/mol. The van der Waals surface area contributed by atoms with Crippen LogP contribution in [0.4, 0.5) is 4.39 Å². The molecule has 0 saturated carbocycles. The molecule has 0 aliphatic carbocycles. The molecule has 2 rings (SSSR count). The molecule has 1 aromatic carbocycles. The van der Waals surface area contributed by atoms with Crippen LogP contribution in [0.1, 0.15) is 29.3 Å². The van der Waals surface area contributed by atoms with Crippen molar-refractivity contribution in [3.05, 3.63) is 35.1 Å². The van der Waals surface area contributed by atoms with E-state index in [1.54, 1.807) is 18.0 Å². The van der Waals surface area contributed by atoms with Gasteiger partial charge in [-0.05, 0) is 31.5 Å². The van der Waals surface area contributed by atoms with E-state index in [0.717, 1.165) is 6.42 Å². The van der Waals surface area contributed by atoms with Crippen LogP contribution >= 0.6 is 0 Å². The zero-order valence-corrected chi connectivity index (χ0v) is 12.1. The van der Waals surface area contributed by atoms with E-state index in [0.29, 0.717) is 6.61 Å². The number of halogens is 1. The lowest BCUT2D eigenvalue weighted by Crippen LogP contribution is -2.41. The molecule has 0 aromatic heterocycles. The van der Waals surface area contributed by atoms with Gasteiger partial charge in [0.05, 0.1) is 17.7 Å². The van der Waals surface area contributed by atoms with Gasteiger partial charge in [0.1, 0.15) is 12.4 Å². The van der Waals surface area contributed by atoms with Crippen molar-refractivity contribution in [2.75, 3.05) is 20.3 Å². The summed E-state index contributed by atoms with van der Waals surface area (Å²) >= 11 is 0. The molecule has 1 fully saturated rings. The smallest absolute Gasteiger partial charge is 0.254 e. The third kappa shape index (κ3) is 3.41. The third-order valence-corrected chi connectivity index (χ3v) is 3.67. The van der Waals surface area contributed by atoms with Crippen LogP contribution in [0.15, 0.2) is 18.2 Å². The van der Waals surface area contributed by atoms with Crippen LogP contribution in [0.5, 0.6) is 0 Å². The molecule has 112 valence electrons. The van der Waals surface area contributed by atoms with Gasteiger partial charge in [0, 0.05) is 19.2 Å². The maximum absolute atomic E-state index is 13.9. The van der Waals surface area contributed by atoms with Gasteiger partial charge >= 0.3 is 0 Å². The number of ether oxygens (including phenoxy) is 1. The van der Waals surface area contributed by atoms with Crippen molar-refractivity contribution >= 4 is 5.91 Å². The van der Waals surface area contributed by atoms with E-state index in [9.17, 15) is 9.18 Å².